The number of nitrogens with one attached hydrogen (secondary N) is 3. The second-order valence-corrected chi connectivity index (χ2v) is 3.68. The fraction of sp³-hybridized carbons (Fsp3) is 0.273. The average Bonchev–Trinajstić information content (AvgIpc) is 2.57. The van der Waals surface area contributed by atoms with Crippen molar-refractivity contribution in [2.45, 2.75) is 6.42 Å². The zero-order valence-corrected chi connectivity index (χ0v) is 8.96. The Bertz CT molecular complexity index is 443. The maximum Gasteiger partial charge on any atom is 0.238 e. The highest BCUT2D eigenvalue weighted by molar-refractivity contribution is 6.00. The molecule has 0 atom stereocenters. The van der Waals surface area contributed by atoms with Gasteiger partial charge in [0.1, 0.15) is 0 Å². The summed E-state index contributed by atoms with van der Waals surface area (Å²) in [7, 11) is 1.71. The zero-order chi connectivity index (χ0) is 11.5. The van der Waals surface area contributed by atoms with Gasteiger partial charge in [0.2, 0.25) is 11.8 Å². The van der Waals surface area contributed by atoms with E-state index in [4.69, 9.17) is 0 Å². The molecule has 0 unspecified atom stereocenters. The van der Waals surface area contributed by atoms with E-state index in [1.165, 1.54) is 0 Å². The molecule has 0 spiro atoms. The van der Waals surface area contributed by atoms with Gasteiger partial charge in [0.25, 0.3) is 0 Å². The summed E-state index contributed by atoms with van der Waals surface area (Å²) in [6, 6.07) is 5.40. The molecule has 0 saturated carbocycles. The maximum atomic E-state index is 11.3. The molecule has 16 heavy (non-hydrogen) atoms. The average molecular weight is 219 g/mol. The maximum absolute atomic E-state index is 11.3. The van der Waals surface area contributed by atoms with Gasteiger partial charge in [-0.1, -0.05) is 0 Å². The topological polar surface area (TPSA) is 70.2 Å². The number of amides is 2. The zero-order valence-electron chi connectivity index (χ0n) is 8.96. The van der Waals surface area contributed by atoms with Crippen molar-refractivity contribution in [2.24, 2.45) is 0 Å². The van der Waals surface area contributed by atoms with Crippen molar-refractivity contribution in [1.29, 1.82) is 0 Å². The van der Waals surface area contributed by atoms with Gasteiger partial charge in [0.15, 0.2) is 0 Å². The van der Waals surface area contributed by atoms with Gasteiger partial charge in [0, 0.05) is 11.4 Å². The lowest BCUT2D eigenvalue weighted by Crippen LogP contribution is -2.25. The summed E-state index contributed by atoms with van der Waals surface area (Å²) in [5.74, 6) is -0.103. The predicted octanol–water partition coefficient (Wildman–Crippen LogP) is 0.339. The monoisotopic (exact) mass is 219 g/mol. The van der Waals surface area contributed by atoms with Gasteiger partial charge in [-0.2, -0.15) is 0 Å². The molecule has 1 heterocycles. The number of carbonyl (C=O) groups excluding carboxylic acids is 2. The van der Waals surface area contributed by atoms with Crippen molar-refractivity contribution in [2.75, 3.05) is 24.2 Å². The number of benzene rings is 1. The first kappa shape index (κ1) is 10.6. The van der Waals surface area contributed by atoms with Crippen molar-refractivity contribution in [3.8, 4) is 0 Å². The van der Waals surface area contributed by atoms with E-state index in [0.717, 1.165) is 16.9 Å². The predicted molar refractivity (Wildman–Crippen MR) is 61.3 cm³/mol. The van der Waals surface area contributed by atoms with E-state index >= 15 is 0 Å². The van der Waals surface area contributed by atoms with Crippen molar-refractivity contribution in [3.63, 3.8) is 0 Å². The van der Waals surface area contributed by atoms with Crippen LogP contribution in [0.25, 0.3) is 0 Å². The van der Waals surface area contributed by atoms with Gasteiger partial charge in [-0.15, -0.1) is 0 Å². The molecule has 0 aliphatic carbocycles. The number of anilines is 2. The highest BCUT2D eigenvalue weighted by Crippen LogP contribution is 2.25. The second-order valence-electron chi connectivity index (χ2n) is 3.68. The van der Waals surface area contributed by atoms with Crippen LogP contribution in [-0.4, -0.2) is 25.4 Å². The summed E-state index contributed by atoms with van der Waals surface area (Å²) in [6.45, 7) is 0.272. The summed E-state index contributed by atoms with van der Waals surface area (Å²) in [6.07, 6.45) is 0.380. The molecule has 0 saturated heterocycles. The molecule has 1 aliphatic heterocycles. The lowest BCUT2D eigenvalue weighted by atomic mass is 10.1. The van der Waals surface area contributed by atoms with Crippen LogP contribution in [0.1, 0.15) is 5.56 Å². The van der Waals surface area contributed by atoms with Crippen molar-refractivity contribution in [3.05, 3.63) is 23.8 Å². The number of carbonyl (C=O) groups is 2. The van der Waals surface area contributed by atoms with Gasteiger partial charge >= 0.3 is 0 Å². The number of hydrogen-bond acceptors (Lipinski definition) is 3. The van der Waals surface area contributed by atoms with Crippen LogP contribution in [0.2, 0.25) is 0 Å². The third-order valence-electron chi connectivity index (χ3n) is 2.35. The Balaban J connectivity index is 2.10. The van der Waals surface area contributed by atoms with Crippen LogP contribution >= 0.6 is 0 Å². The van der Waals surface area contributed by atoms with E-state index in [0.29, 0.717) is 6.42 Å². The Morgan fingerprint density at radius 2 is 2.31 bits per heavy atom. The first-order chi connectivity index (χ1) is 7.69. The standard InChI is InChI=1S/C11H13N3O2/c1-12-6-11(16)13-8-2-3-9-7(4-8)5-10(15)14-9/h2-4,12H,5-6H2,1H3,(H,13,16)(H,14,15). The van der Waals surface area contributed by atoms with E-state index in [2.05, 4.69) is 16.0 Å². The Morgan fingerprint density at radius 3 is 3.06 bits per heavy atom. The van der Waals surface area contributed by atoms with Crippen LogP contribution in [-0.2, 0) is 16.0 Å². The molecule has 2 amide bonds. The fourth-order valence-electron chi connectivity index (χ4n) is 1.67. The molecule has 0 fully saturated rings. The van der Waals surface area contributed by atoms with Gasteiger partial charge in [-0.3, -0.25) is 9.59 Å². The van der Waals surface area contributed by atoms with Crippen LogP contribution in [0.4, 0.5) is 11.4 Å². The van der Waals surface area contributed by atoms with E-state index in [-0.39, 0.29) is 18.4 Å². The molecule has 3 N–H and O–H groups in total. The second kappa shape index (κ2) is 4.32. The molecular weight excluding hydrogens is 206 g/mol. The third-order valence-corrected chi connectivity index (χ3v) is 2.35. The van der Waals surface area contributed by atoms with E-state index < -0.39 is 0 Å². The van der Waals surface area contributed by atoms with Gasteiger partial charge < -0.3 is 16.0 Å². The van der Waals surface area contributed by atoms with Crippen LogP contribution in [0, 0.1) is 0 Å². The third kappa shape index (κ3) is 2.20. The Kier molecular flexibility index (Phi) is 2.87. The quantitative estimate of drug-likeness (QED) is 0.686. The minimum absolute atomic E-state index is 0.00583. The molecule has 1 aliphatic rings. The molecule has 2 rings (SSSR count). The Morgan fingerprint density at radius 1 is 1.50 bits per heavy atom. The molecule has 84 valence electrons. The highest BCUT2D eigenvalue weighted by atomic mass is 16.2. The Hall–Kier alpha value is -1.88. The van der Waals surface area contributed by atoms with Gasteiger partial charge in [-0.25, -0.2) is 0 Å². The first-order valence-corrected chi connectivity index (χ1v) is 5.06. The molecule has 0 aromatic heterocycles. The minimum Gasteiger partial charge on any atom is -0.326 e. The SMILES string of the molecule is CNCC(=O)Nc1ccc2c(c1)CC(=O)N2. The van der Waals surface area contributed by atoms with E-state index in [1.807, 2.05) is 6.07 Å². The Labute approximate surface area is 93.2 Å². The summed E-state index contributed by atoms with van der Waals surface area (Å²) in [4.78, 5) is 22.4. The summed E-state index contributed by atoms with van der Waals surface area (Å²) in [5, 5.41) is 8.25. The van der Waals surface area contributed by atoms with Crippen LogP contribution in [0.3, 0.4) is 0 Å². The highest BCUT2D eigenvalue weighted by Gasteiger charge is 2.17. The van der Waals surface area contributed by atoms with Crippen LogP contribution in [0.15, 0.2) is 18.2 Å². The van der Waals surface area contributed by atoms with E-state index in [1.54, 1.807) is 19.2 Å². The summed E-state index contributed by atoms with van der Waals surface area (Å²) >= 11 is 0. The molecule has 5 heteroatoms. The van der Waals surface area contributed by atoms with Crippen LogP contribution in [0.5, 0.6) is 0 Å². The van der Waals surface area contributed by atoms with Crippen molar-refractivity contribution >= 4 is 23.2 Å². The lowest BCUT2D eigenvalue weighted by Gasteiger charge is -2.06. The molecule has 1 aromatic carbocycles. The fourth-order valence-corrected chi connectivity index (χ4v) is 1.67. The van der Waals surface area contributed by atoms with Gasteiger partial charge in [0.05, 0.1) is 13.0 Å². The number of fused-ring (bicyclic) bond motifs is 1. The largest absolute Gasteiger partial charge is 0.326 e. The first-order valence-electron chi connectivity index (χ1n) is 5.06. The molecule has 1 aromatic rings. The number of likely N-dealkylation sites (N-methyl/N-ethyl adjacent to an activating group) is 1. The molecular formula is C11H13N3O2. The number of rotatable bonds is 3. The normalized spacial score (nSPS) is 13.2. The van der Waals surface area contributed by atoms with Gasteiger partial charge in [-0.05, 0) is 30.8 Å². The van der Waals surface area contributed by atoms with Crippen molar-refractivity contribution in [1.82, 2.24) is 5.32 Å². The molecule has 0 radical (unpaired) electrons. The summed E-state index contributed by atoms with van der Waals surface area (Å²) < 4.78 is 0. The molecule has 5 nitrogen and oxygen atoms in total. The van der Waals surface area contributed by atoms with Crippen molar-refractivity contribution < 1.29 is 9.59 Å². The van der Waals surface area contributed by atoms with Crippen LogP contribution < -0.4 is 16.0 Å². The summed E-state index contributed by atoms with van der Waals surface area (Å²) in [5.41, 5.74) is 2.47. The minimum atomic E-state index is -0.0975. The lowest BCUT2D eigenvalue weighted by molar-refractivity contribution is -0.116. The smallest absolute Gasteiger partial charge is 0.238 e. The number of hydrogen-bond donors (Lipinski definition) is 3. The molecule has 0 bridgehead atoms. The van der Waals surface area contributed by atoms with E-state index in [9.17, 15) is 9.59 Å².